The molecule has 0 fully saturated rings. The van der Waals surface area contributed by atoms with E-state index in [9.17, 15) is 4.79 Å². The summed E-state index contributed by atoms with van der Waals surface area (Å²) in [4.78, 5) is 13.5. The van der Waals surface area contributed by atoms with E-state index >= 15 is 0 Å². The molecule has 1 unspecified atom stereocenters. The summed E-state index contributed by atoms with van der Waals surface area (Å²) >= 11 is 0. The van der Waals surface area contributed by atoms with Gasteiger partial charge in [-0.1, -0.05) is 65.4 Å². The summed E-state index contributed by atoms with van der Waals surface area (Å²) in [5, 5.41) is 11.6. The standard InChI is InChI=1S/C22H20N4O/c1-16-12-14-17(15-13-16)22(2,21(27)23-18-8-4-3-5-9-18)26-20-11-7-6-10-19(20)24-25-26/h3-15H,1-2H3,(H,23,27). The summed E-state index contributed by atoms with van der Waals surface area (Å²) in [7, 11) is 0. The fourth-order valence-electron chi connectivity index (χ4n) is 3.20. The molecule has 1 atom stereocenters. The molecular weight excluding hydrogens is 336 g/mol. The number of carbonyl (C=O) groups excluding carboxylic acids is 1. The molecule has 4 aromatic rings. The number of hydrogen-bond acceptors (Lipinski definition) is 3. The maximum atomic E-state index is 13.5. The highest BCUT2D eigenvalue weighted by molar-refractivity contribution is 5.99. The Bertz CT molecular complexity index is 1090. The second kappa shape index (κ2) is 6.68. The number of rotatable bonds is 4. The van der Waals surface area contributed by atoms with Crippen LogP contribution in [-0.2, 0) is 10.3 Å². The predicted molar refractivity (Wildman–Crippen MR) is 107 cm³/mol. The Morgan fingerprint density at radius 3 is 2.33 bits per heavy atom. The zero-order valence-corrected chi connectivity index (χ0v) is 15.3. The molecule has 0 saturated carbocycles. The van der Waals surface area contributed by atoms with Crippen LogP contribution >= 0.6 is 0 Å². The minimum absolute atomic E-state index is 0.173. The van der Waals surface area contributed by atoms with E-state index in [1.165, 1.54) is 0 Å². The average molecular weight is 356 g/mol. The molecule has 0 aliphatic carbocycles. The van der Waals surface area contributed by atoms with Crippen molar-refractivity contribution >= 4 is 22.6 Å². The maximum absolute atomic E-state index is 13.5. The second-order valence-electron chi connectivity index (χ2n) is 6.75. The summed E-state index contributed by atoms with van der Waals surface area (Å²) < 4.78 is 1.70. The molecule has 4 rings (SSSR count). The van der Waals surface area contributed by atoms with E-state index in [0.717, 1.165) is 27.8 Å². The molecule has 3 aromatic carbocycles. The lowest BCUT2D eigenvalue weighted by Crippen LogP contribution is -2.44. The summed E-state index contributed by atoms with van der Waals surface area (Å²) in [6, 6.07) is 25.0. The van der Waals surface area contributed by atoms with Crippen LogP contribution in [0.4, 0.5) is 5.69 Å². The number of carbonyl (C=O) groups is 1. The van der Waals surface area contributed by atoms with Gasteiger partial charge in [0.1, 0.15) is 5.52 Å². The second-order valence-corrected chi connectivity index (χ2v) is 6.75. The molecule has 1 amide bonds. The molecule has 0 bridgehead atoms. The van der Waals surface area contributed by atoms with Crippen molar-refractivity contribution < 1.29 is 4.79 Å². The van der Waals surface area contributed by atoms with Gasteiger partial charge in [-0.25, -0.2) is 4.68 Å². The Morgan fingerprint density at radius 1 is 0.926 bits per heavy atom. The molecule has 0 aliphatic heterocycles. The molecule has 0 saturated heterocycles. The van der Waals surface area contributed by atoms with Gasteiger partial charge in [-0.3, -0.25) is 4.79 Å². The number of fused-ring (bicyclic) bond motifs is 1. The smallest absolute Gasteiger partial charge is 0.256 e. The lowest BCUT2D eigenvalue weighted by atomic mass is 9.90. The highest BCUT2D eigenvalue weighted by atomic mass is 16.2. The molecule has 27 heavy (non-hydrogen) atoms. The molecule has 1 aromatic heterocycles. The summed E-state index contributed by atoms with van der Waals surface area (Å²) in [6.45, 7) is 3.90. The van der Waals surface area contributed by atoms with Crippen LogP contribution in [0.5, 0.6) is 0 Å². The van der Waals surface area contributed by atoms with Crippen LogP contribution in [0.1, 0.15) is 18.1 Å². The van der Waals surface area contributed by atoms with Crippen LogP contribution in [0.2, 0.25) is 0 Å². The minimum atomic E-state index is -1.06. The zero-order valence-electron chi connectivity index (χ0n) is 15.3. The molecule has 0 spiro atoms. The van der Waals surface area contributed by atoms with Crippen molar-refractivity contribution in [2.24, 2.45) is 0 Å². The number of nitrogens with one attached hydrogen (secondary N) is 1. The van der Waals surface area contributed by atoms with Gasteiger partial charge >= 0.3 is 0 Å². The first-order chi connectivity index (χ1) is 13.1. The largest absolute Gasteiger partial charge is 0.324 e. The minimum Gasteiger partial charge on any atom is -0.324 e. The normalized spacial score (nSPS) is 13.3. The highest BCUT2D eigenvalue weighted by Gasteiger charge is 2.39. The Kier molecular flexibility index (Phi) is 4.20. The Hall–Kier alpha value is -3.47. The number of para-hydroxylation sites is 2. The zero-order chi connectivity index (χ0) is 18.9. The number of aromatic nitrogens is 3. The Morgan fingerprint density at radius 2 is 1.59 bits per heavy atom. The van der Waals surface area contributed by atoms with Crippen molar-refractivity contribution in [3.8, 4) is 0 Å². The van der Waals surface area contributed by atoms with Gasteiger partial charge in [0.05, 0.1) is 5.52 Å². The SMILES string of the molecule is Cc1ccc(C(C)(C(=O)Nc2ccccc2)n2nnc3ccccc32)cc1. The lowest BCUT2D eigenvalue weighted by molar-refractivity contribution is -0.122. The fourth-order valence-corrected chi connectivity index (χ4v) is 3.20. The van der Waals surface area contributed by atoms with E-state index in [4.69, 9.17) is 0 Å². The first kappa shape index (κ1) is 17.0. The number of benzene rings is 3. The predicted octanol–water partition coefficient (Wildman–Crippen LogP) is 4.14. The van der Waals surface area contributed by atoms with Crippen molar-refractivity contribution in [2.45, 2.75) is 19.4 Å². The molecule has 5 heteroatoms. The highest BCUT2D eigenvalue weighted by Crippen LogP contribution is 2.30. The molecule has 134 valence electrons. The van der Waals surface area contributed by atoms with Gasteiger partial charge in [-0.05, 0) is 43.7 Å². The van der Waals surface area contributed by atoms with E-state index in [0.29, 0.717) is 0 Å². The van der Waals surface area contributed by atoms with Crippen molar-refractivity contribution in [1.82, 2.24) is 15.0 Å². The molecule has 1 heterocycles. The fraction of sp³-hybridized carbons (Fsp3) is 0.136. The molecular formula is C22H20N4O. The lowest BCUT2D eigenvalue weighted by Gasteiger charge is -2.29. The van der Waals surface area contributed by atoms with Gasteiger partial charge in [0.15, 0.2) is 5.54 Å². The first-order valence-electron chi connectivity index (χ1n) is 8.83. The van der Waals surface area contributed by atoms with E-state index < -0.39 is 5.54 Å². The first-order valence-corrected chi connectivity index (χ1v) is 8.83. The van der Waals surface area contributed by atoms with Gasteiger partial charge in [0.25, 0.3) is 5.91 Å². The third-order valence-electron chi connectivity index (χ3n) is 4.86. The van der Waals surface area contributed by atoms with Crippen molar-refractivity contribution in [1.29, 1.82) is 0 Å². The third-order valence-corrected chi connectivity index (χ3v) is 4.86. The molecule has 0 aliphatic rings. The third kappa shape index (κ3) is 2.97. The van der Waals surface area contributed by atoms with Gasteiger partial charge in [-0.2, -0.15) is 0 Å². The van der Waals surface area contributed by atoms with Crippen LogP contribution in [0.25, 0.3) is 11.0 Å². The number of nitrogens with zero attached hydrogens (tertiary/aromatic N) is 3. The van der Waals surface area contributed by atoms with E-state index in [-0.39, 0.29) is 5.91 Å². The number of hydrogen-bond donors (Lipinski definition) is 1. The van der Waals surface area contributed by atoms with Crippen LogP contribution in [0.15, 0.2) is 78.9 Å². The van der Waals surface area contributed by atoms with E-state index in [1.807, 2.05) is 92.7 Å². The van der Waals surface area contributed by atoms with Crippen molar-refractivity contribution in [3.05, 3.63) is 90.0 Å². The van der Waals surface area contributed by atoms with Crippen LogP contribution in [0, 0.1) is 6.92 Å². The van der Waals surface area contributed by atoms with E-state index in [1.54, 1.807) is 4.68 Å². The Labute approximate surface area is 157 Å². The van der Waals surface area contributed by atoms with Crippen molar-refractivity contribution in [3.63, 3.8) is 0 Å². The topological polar surface area (TPSA) is 59.8 Å². The maximum Gasteiger partial charge on any atom is 0.256 e. The summed E-state index contributed by atoms with van der Waals surface area (Å²) in [5.41, 5.74) is 3.22. The van der Waals surface area contributed by atoms with Crippen LogP contribution in [0.3, 0.4) is 0 Å². The van der Waals surface area contributed by atoms with Crippen LogP contribution < -0.4 is 5.32 Å². The molecule has 1 N–H and O–H groups in total. The van der Waals surface area contributed by atoms with Gasteiger partial charge in [0.2, 0.25) is 0 Å². The van der Waals surface area contributed by atoms with Crippen molar-refractivity contribution in [2.75, 3.05) is 5.32 Å². The van der Waals surface area contributed by atoms with Crippen LogP contribution in [-0.4, -0.2) is 20.9 Å². The van der Waals surface area contributed by atoms with Gasteiger partial charge in [-0.15, -0.1) is 5.10 Å². The summed E-state index contributed by atoms with van der Waals surface area (Å²) in [5.74, 6) is -0.173. The van der Waals surface area contributed by atoms with Gasteiger partial charge in [0, 0.05) is 5.69 Å². The number of anilines is 1. The summed E-state index contributed by atoms with van der Waals surface area (Å²) in [6.07, 6.45) is 0. The van der Waals surface area contributed by atoms with E-state index in [2.05, 4.69) is 15.6 Å². The average Bonchev–Trinajstić information content (AvgIpc) is 3.13. The quantitative estimate of drug-likeness (QED) is 0.598. The molecule has 5 nitrogen and oxygen atoms in total. The van der Waals surface area contributed by atoms with Gasteiger partial charge < -0.3 is 5.32 Å². The monoisotopic (exact) mass is 356 g/mol. The number of amides is 1. The Balaban J connectivity index is 1.87. The number of aryl methyl sites for hydroxylation is 1. The molecule has 0 radical (unpaired) electrons.